The van der Waals surface area contributed by atoms with Gasteiger partial charge in [0.15, 0.2) is 22.5 Å². The van der Waals surface area contributed by atoms with Crippen LogP contribution in [0.4, 0.5) is 4.39 Å². The number of nitrogens with zero attached hydrogens (tertiary/aromatic N) is 3. The van der Waals surface area contributed by atoms with E-state index in [9.17, 15) is 9.18 Å². The monoisotopic (exact) mass is 372 g/mol. The summed E-state index contributed by atoms with van der Waals surface area (Å²) in [5, 5.41) is 11.4. The predicted molar refractivity (Wildman–Crippen MR) is 96.9 cm³/mol. The van der Waals surface area contributed by atoms with E-state index in [0.29, 0.717) is 11.0 Å². The fourth-order valence-corrected chi connectivity index (χ4v) is 3.07. The minimum atomic E-state index is -0.438. The molecule has 8 heteroatoms. The molecule has 0 atom stereocenters. The summed E-state index contributed by atoms with van der Waals surface area (Å²) in [4.78, 5) is 11.5. The van der Waals surface area contributed by atoms with Crippen LogP contribution in [0.3, 0.4) is 0 Å². The molecule has 0 saturated heterocycles. The van der Waals surface area contributed by atoms with Crippen molar-refractivity contribution in [1.82, 2.24) is 20.1 Å². The number of hydrogen-bond donors (Lipinski definition) is 1. The number of rotatable bonds is 7. The van der Waals surface area contributed by atoms with Crippen LogP contribution in [0.1, 0.15) is 5.82 Å². The van der Waals surface area contributed by atoms with Crippen molar-refractivity contribution in [2.45, 2.75) is 11.8 Å². The molecular formula is C18H17FN4O2S. The Kier molecular flexibility index (Phi) is 5.85. The SMILES string of the molecule is CNC(=O)CSc1nnc(COc2ccccc2F)n1-c1ccccc1. The number of nitrogens with one attached hydrogen (secondary N) is 1. The summed E-state index contributed by atoms with van der Waals surface area (Å²) in [6.45, 7) is 0.0450. The van der Waals surface area contributed by atoms with Crippen LogP contribution in [0, 0.1) is 5.82 Å². The standard InChI is InChI=1S/C18H17FN4O2S/c1-20-17(24)12-26-18-22-21-16(23(18)13-7-3-2-4-8-13)11-25-15-10-6-5-9-14(15)19/h2-10H,11-12H2,1H3,(H,20,24). The molecule has 1 aromatic heterocycles. The van der Waals surface area contributed by atoms with Crippen LogP contribution >= 0.6 is 11.8 Å². The minimum Gasteiger partial charge on any atom is -0.483 e. The van der Waals surface area contributed by atoms with Gasteiger partial charge in [-0.25, -0.2) is 4.39 Å². The Morgan fingerprint density at radius 1 is 1.15 bits per heavy atom. The van der Waals surface area contributed by atoms with Crippen LogP contribution in [-0.2, 0) is 11.4 Å². The molecule has 0 unspecified atom stereocenters. The minimum absolute atomic E-state index is 0.0450. The van der Waals surface area contributed by atoms with Gasteiger partial charge in [-0.05, 0) is 24.3 Å². The number of thioether (sulfide) groups is 1. The third kappa shape index (κ3) is 4.20. The second-order valence-corrected chi connectivity index (χ2v) is 6.19. The van der Waals surface area contributed by atoms with Gasteiger partial charge in [-0.1, -0.05) is 42.1 Å². The molecule has 0 aliphatic carbocycles. The summed E-state index contributed by atoms with van der Waals surface area (Å²) in [5.74, 6) is 0.332. The van der Waals surface area contributed by atoms with Crippen molar-refractivity contribution in [2.24, 2.45) is 0 Å². The Balaban J connectivity index is 1.86. The van der Waals surface area contributed by atoms with E-state index in [1.165, 1.54) is 17.8 Å². The van der Waals surface area contributed by atoms with Gasteiger partial charge in [0.25, 0.3) is 0 Å². The Hall–Kier alpha value is -2.87. The second-order valence-electron chi connectivity index (χ2n) is 5.25. The van der Waals surface area contributed by atoms with Gasteiger partial charge in [0.05, 0.1) is 5.75 Å². The Morgan fingerprint density at radius 3 is 2.62 bits per heavy atom. The van der Waals surface area contributed by atoms with Crippen molar-refractivity contribution >= 4 is 17.7 Å². The summed E-state index contributed by atoms with van der Waals surface area (Å²) < 4.78 is 21.1. The largest absolute Gasteiger partial charge is 0.483 e. The Morgan fingerprint density at radius 2 is 1.88 bits per heavy atom. The van der Waals surface area contributed by atoms with Gasteiger partial charge in [-0.2, -0.15) is 0 Å². The van der Waals surface area contributed by atoms with Gasteiger partial charge in [0.1, 0.15) is 6.61 Å². The molecule has 134 valence electrons. The first-order chi connectivity index (χ1) is 12.7. The van der Waals surface area contributed by atoms with E-state index >= 15 is 0 Å². The van der Waals surface area contributed by atoms with Crippen molar-refractivity contribution in [1.29, 1.82) is 0 Å². The van der Waals surface area contributed by atoms with Crippen molar-refractivity contribution in [2.75, 3.05) is 12.8 Å². The molecule has 1 N–H and O–H groups in total. The van der Waals surface area contributed by atoms with Gasteiger partial charge >= 0.3 is 0 Å². The van der Waals surface area contributed by atoms with Gasteiger partial charge in [0.2, 0.25) is 5.91 Å². The number of ether oxygens (including phenoxy) is 1. The lowest BCUT2D eigenvalue weighted by Crippen LogP contribution is -2.20. The summed E-state index contributed by atoms with van der Waals surface area (Å²) in [7, 11) is 1.58. The normalized spacial score (nSPS) is 10.5. The quantitative estimate of drug-likeness (QED) is 0.646. The number of amides is 1. The maximum absolute atomic E-state index is 13.8. The third-order valence-electron chi connectivity index (χ3n) is 3.52. The first kappa shape index (κ1) is 17.9. The van der Waals surface area contributed by atoms with E-state index in [-0.39, 0.29) is 24.0 Å². The van der Waals surface area contributed by atoms with Gasteiger partial charge in [0, 0.05) is 12.7 Å². The number of para-hydroxylation sites is 2. The molecule has 26 heavy (non-hydrogen) atoms. The highest BCUT2D eigenvalue weighted by molar-refractivity contribution is 7.99. The van der Waals surface area contributed by atoms with E-state index in [4.69, 9.17) is 4.74 Å². The lowest BCUT2D eigenvalue weighted by atomic mass is 10.3. The molecular weight excluding hydrogens is 355 g/mol. The van der Waals surface area contributed by atoms with E-state index < -0.39 is 5.82 Å². The molecule has 3 aromatic rings. The van der Waals surface area contributed by atoms with Gasteiger partial charge < -0.3 is 10.1 Å². The maximum atomic E-state index is 13.8. The van der Waals surface area contributed by atoms with Gasteiger partial charge in [-0.15, -0.1) is 10.2 Å². The summed E-state index contributed by atoms with van der Waals surface area (Å²) in [5.41, 5.74) is 0.837. The lowest BCUT2D eigenvalue weighted by molar-refractivity contribution is -0.118. The van der Waals surface area contributed by atoms with E-state index in [0.717, 1.165) is 5.69 Å². The molecule has 0 fully saturated rings. The van der Waals surface area contributed by atoms with Crippen LogP contribution < -0.4 is 10.1 Å². The van der Waals surface area contributed by atoms with E-state index in [1.54, 1.807) is 29.8 Å². The highest BCUT2D eigenvalue weighted by atomic mass is 32.2. The summed E-state index contributed by atoms with van der Waals surface area (Å²) in [6.07, 6.45) is 0. The topological polar surface area (TPSA) is 69.0 Å². The smallest absolute Gasteiger partial charge is 0.230 e. The Bertz CT molecular complexity index is 886. The highest BCUT2D eigenvalue weighted by Gasteiger charge is 2.16. The molecule has 0 spiro atoms. The molecule has 2 aromatic carbocycles. The summed E-state index contributed by atoms with van der Waals surface area (Å²) >= 11 is 1.27. The molecule has 0 saturated carbocycles. The number of hydrogen-bond acceptors (Lipinski definition) is 5. The van der Waals surface area contributed by atoms with Crippen LogP contribution in [0.15, 0.2) is 59.8 Å². The first-order valence-electron chi connectivity index (χ1n) is 7.89. The second kappa shape index (κ2) is 8.48. The molecule has 6 nitrogen and oxygen atoms in total. The molecule has 1 amide bonds. The average Bonchev–Trinajstić information content (AvgIpc) is 3.09. The van der Waals surface area contributed by atoms with Crippen LogP contribution in [0.2, 0.25) is 0 Å². The fraction of sp³-hybridized carbons (Fsp3) is 0.167. The lowest BCUT2D eigenvalue weighted by Gasteiger charge is -2.11. The number of halogens is 1. The molecule has 0 aliphatic heterocycles. The average molecular weight is 372 g/mol. The van der Waals surface area contributed by atoms with E-state index in [2.05, 4.69) is 15.5 Å². The molecule has 3 rings (SSSR count). The van der Waals surface area contributed by atoms with Crippen LogP contribution in [0.5, 0.6) is 5.75 Å². The zero-order valence-electron chi connectivity index (χ0n) is 14.1. The summed E-state index contributed by atoms with van der Waals surface area (Å²) in [6, 6.07) is 15.7. The predicted octanol–water partition coefficient (Wildman–Crippen LogP) is 2.82. The van der Waals surface area contributed by atoms with Crippen LogP contribution in [-0.4, -0.2) is 33.5 Å². The van der Waals surface area contributed by atoms with Crippen molar-refractivity contribution in [3.05, 3.63) is 66.2 Å². The maximum Gasteiger partial charge on any atom is 0.230 e. The molecule has 0 radical (unpaired) electrons. The number of benzene rings is 2. The molecule has 0 aliphatic rings. The number of aromatic nitrogens is 3. The van der Waals surface area contributed by atoms with Crippen molar-refractivity contribution in [3.8, 4) is 11.4 Å². The molecule has 1 heterocycles. The zero-order valence-corrected chi connectivity index (χ0v) is 14.9. The van der Waals surface area contributed by atoms with E-state index in [1.807, 2.05) is 30.3 Å². The zero-order chi connectivity index (χ0) is 18.4. The number of carbonyl (C=O) groups excluding carboxylic acids is 1. The first-order valence-corrected chi connectivity index (χ1v) is 8.88. The fourth-order valence-electron chi connectivity index (χ4n) is 2.23. The number of carbonyl (C=O) groups is 1. The highest BCUT2D eigenvalue weighted by Crippen LogP contribution is 2.23. The Labute approximate surface area is 154 Å². The van der Waals surface area contributed by atoms with Crippen molar-refractivity contribution < 1.29 is 13.9 Å². The van der Waals surface area contributed by atoms with Crippen LogP contribution in [0.25, 0.3) is 5.69 Å². The third-order valence-corrected chi connectivity index (χ3v) is 4.45. The van der Waals surface area contributed by atoms with Gasteiger partial charge in [-0.3, -0.25) is 9.36 Å². The molecule has 0 bridgehead atoms. The van der Waals surface area contributed by atoms with Crippen molar-refractivity contribution in [3.63, 3.8) is 0 Å².